The summed E-state index contributed by atoms with van der Waals surface area (Å²) in [6, 6.07) is 9.55. The average molecular weight is 353 g/mol. The van der Waals surface area contributed by atoms with Crippen molar-refractivity contribution >= 4 is 22.8 Å². The Balaban J connectivity index is 2.07. The van der Waals surface area contributed by atoms with Crippen LogP contribution in [-0.2, 0) is 9.53 Å². The monoisotopic (exact) mass is 353 g/mol. The number of piperazine rings is 1. The van der Waals surface area contributed by atoms with Crippen molar-refractivity contribution < 1.29 is 9.53 Å². The number of likely N-dealkylation sites (N-methyl/N-ethyl adjacent to an activating group) is 1. The van der Waals surface area contributed by atoms with Gasteiger partial charge in [0.2, 0.25) is 0 Å². The lowest BCUT2D eigenvalue weighted by molar-refractivity contribution is -0.147. The molecular weight excluding hydrogens is 330 g/mol. The van der Waals surface area contributed by atoms with Crippen LogP contribution in [-0.4, -0.2) is 60.2 Å². The van der Waals surface area contributed by atoms with E-state index in [4.69, 9.17) is 9.72 Å². The zero-order chi connectivity index (χ0) is 18.7. The van der Waals surface area contributed by atoms with E-state index in [-0.39, 0.29) is 6.10 Å². The largest absolute Gasteiger partial charge is 0.462 e. The maximum atomic E-state index is 12.5. The van der Waals surface area contributed by atoms with E-state index in [1.807, 2.05) is 24.3 Å². The summed E-state index contributed by atoms with van der Waals surface area (Å²) in [6.45, 7) is 6.85. The summed E-state index contributed by atoms with van der Waals surface area (Å²) >= 11 is 0. The number of rotatable bonds is 4. The summed E-state index contributed by atoms with van der Waals surface area (Å²) in [6.07, 6.45) is -0.293. The van der Waals surface area contributed by atoms with E-state index in [9.17, 15) is 10.1 Å². The van der Waals surface area contributed by atoms with Gasteiger partial charge < -0.3 is 14.5 Å². The predicted molar refractivity (Wildman–Crippen MR) is 98.8 cm³/mol. The van der Waals surface area contributed by atoms with Crippen LogP contribution in [0.25, 0.3) is 11.0 Å². The van der Waals surface area contributed by atoms with Crippen molar-refractivity contribution in [3.05, 3.63) is 30.0 Å². The second kappa shape index (κ2) is 7.67. The molecule has 0 N–H and O–H groups in total. The van der Waals surface area contributed by atoms with Gasteiger partial charge in [-0.05, 0) is 33.0 Å². The molecule has 0 aliphatic carbocycles. The van der Waals surface area contributed by atoms with Crippen molar-refractivity contribution in [2.45, 2.75) is 25.9 Å². The Morgan fingerprint density at radius 2 is 1.77 bits per heavy atom. The number of aromatic nitrogens is 2. The van der Waals surface area contributed by atoms with Gasteiger partial charge in [0.1, 0.15) is 5.69 Å². The van der Waals surface area contributed by atoms with Gasteiger partial charge in [-0.25, -0.2) is 9.97 Å². The smallest absolute Gasteiger partial charge is 0.329 e. The van der Waals surface area contributed by atoms with Crippen LogP contribution in [0.5, 0.6) is 0 Å². The second-order valence-electron chi connectivity index (χ2n) is 6.76. The number of esters is 1. The molecule has 1 aliphatic rings. The third kappa shape index (κ3) is 3.75. The molecule has 1 aromatic carbocycles. The van der Waals surface area contributed by atoms with Gasteiger partial charge in [0.25, 0.3) is 0 Å². The van der Waals surface area contributed by atoms with Crippen LogP contribution >= 0.6 is 0 Å². The van der Waals surface area contributed by atoms with E-state index >= 15 is 0 Å². The molecule has 0 bridgehead atoms. The fourth-order valence-electron chi connectivity index (χ4n) is 2.97. The molecule has 7 nitrogen and oxygen atoms in total. The van der Waals surface area contributed by atoms with Crippen molar-refractivity contribution in [1.82, 2.24) is 14.9 Å². The Morgan fingerprint density at radius 3 is 2.35 bits per heavy atom. The highest BCUT2D eigenvalue weighted by Crippen LogP contribution is 2.28. The first kappa shape index (κ1) is 18.1. The number of nitriles is 1. The van der Waals surface area contributed by atoms with Gasteiger partial charge in [0.15, 0.2) is 11.7 Å². The Morgan fingerprint density at radius 1 is 1.15 bits per heavy atom. The molecule has 0 spiro atoms. The molecule has 1 aliphatic heterocycles. The molecule has 2 aromatic rings. The standard InChI is InChI=1S/C19H23N5O2/c1-13(2)26-19(25)14(12-20)17-18(24-10-8-23(3)9-11-24)22-16-7-5-4-6-15(16)21-17/h4-7,13-14H,8-11H2,1-3H3/t14-/m1/s1. The number of nitrogens with zero attached hydrogens (tertiary/aromatic N) is 5. The van der Waals surface area contributed by atoms with Crippen molar-refractivity contribution in [3.8, 4) is 6.07 Å². The second-order valence-corrected chi connectivity index (χ2v) is 6.76. The van der Waals surface area contributed by atoms with Crippen LogP contribution in [0.3, 0.4) is 0 Å². The minimum atomic E-state index is -1.09. The topological polar surface area (TPSA) is 82.3 Å². The fraction of sp³-hybridized carbons (Fsp3) is 0.474. The Bertz CT molecular complexity index is 837. The molecule has 1 saturated heterocycles. The molecule has 0 amide bonds. The first-order valence-corrected chi connectivity index (χ1v) is 8.80. The highest BCUT2D eigenvalue weighted by molar-refractivity contribution is 5.85. The summed E-state index contributed by atoms with van der Waals surface area (Å²) in [7, 11) is 2.07. The molecule has 26 heavy (non-hydrogen) atoms. The van der Waals surface area contributed by atoms with E-state index in [0.717, 1.165) is 31.7 Å². The summed E-state index contributed by atoms with van der Waals surface area (Å²) < 4.78 is 5.27. The Hall–Kier alpha value is -2.72. The molecular formula is C19H23N5O2. The molecule has 7 heteroatoms. The molecule has 136 valence electrons. The molecule has 1 aromatic heterocycles. The first-order valence-electron chi connectivity index (χ1n) is 8.80. The molecule has 0 unspecified atom stereocenters. The van der Waals surface area contributed by atoms with Crippen molar-refractivity contribution in [3.63, 3.8) is 0 Å². The lowest BCUT2D eigenvalue weighted by Gasteiger charge is -2.34. The van der Waals surface area contributed by atoms with Crippen LogP contribution in [0.15, 0.2) is 24.3 Å². The number of fused-ring (bicyclic) bond motifs is 1. The molecule has 1 fully saturated rings. The minimum Gasteiger partial charge on any atom is -0.462 e. The van der Waals surface area contributed by atoms with Crippen molar-refractivity contribution in [1.29, 1.82) is 5.26 Å². The van der Waals surface area contributed by atoms with Gasteiger partial charge in [-0.1, -0.05) is 12.1 Å². The van der Waals surface area contributed by atoms with Crippen molar-refractivity contribution in [2.75, 3.05) is 38.1 Å². The first-order chi connectivity index (χ1) is 12.5. The predicted octanol–water partition coefficient (Wildman–Crippen LogP) is 1.94. The van der Waals surface area contributed by atoms with Crippen LogP contribution in [0.2, 0.25) is 0 Å². The zero-order valence-electron chi connectivity index (χ0n) is 15.3. The van der Waals surface area contributed by atoms with Gasteiger partial charge in [-0.2, -0.15) is 5.26 Å². The normalized spacial score (nSPS) is 16.5. The third-order valence-electron chi connectivity index (χ3n) is 4.37. The van der Waals surface area contributed by atoms with Crippen molar-refractivity contribution in [2.24, 2.45) is 0 Å². The third-order valence-corrected chi connectivity index (χ3v) is 4.37. The Kier molecular flexibility index (Phi) is 5.33. The molecule has 0 saturated carbocycles. The maximum absolute atomic E-state index is 12.5. The molecule has 1 atom stereocenters. The lowest BCUT2D eigenvalue weighted by atomic mass is 10.1. The van der Waals surface area contributed by atoms with E-state index < -0.39 is 11.9 Å². The molecule has 0 radical (unpaired) electrons. The van der Waals surface area contributed by atoms with Gasteiger partial charge >= 0.3 is 5.97 Å². The SMILES string of the molecule is CC(C)OC(=O)[C@H](C#N)c1nc2ccccc2nc1N1CCN(C)CC1. The quantitative estimate of drug-likeness (QED) is 0.777. The van der Waals surface area contributed by atoms with E-state index in [0.29, 0.717) is 17.0 Å². The lowest BCUT2D eigenvalue weighted by Crippen LogP contribution is -2.45. The van der Waals surface area contributed by atoms with Gasteiger partial charge in [0.05, 0.1) is 23.2 Å². The number of carbonyl (C=O) groups is 1. The maximum Gasteiger partial charge on any atom is 0.329 e. The average Bonchev–Trinajstić information content (AvgIpc) is 2.62. The van der Waals surface area contributed by atoms with E-state index in [2.05, 4.69) is 27.9 Å². The van der Waals surface area contributed by atoms with Gasteiger partial charge in [-0.3, -0.25) is 4.79 Å². The van der Waals surface area contributed by atoms with E-state index in [1.54, 1.807) is 13.8 Å². The van der Waals surface area contributed by atoms with E-state index in [1.165, 1.54) is 0 Å². The zero-order valence-corrected chi connectivity index (χ0v) is 15.3. The van der Waals surface area contributed by atoms with Crippen LogP contribution in [0.4, 0.5) is 5.82 Å². The molecule has 2 heterocycles. The fourth-order valence-corrected chi connectivity index (χ4v) is 2.97. The minimum absolute atomic E-state index is 0.293. The highest BCUT2D eigenvalue weighted by Gasteiger charge is 2.31. The van der Waals surface area contributed by atoms with Gasteiger partial charge in [-0.15, -0.1) is 0 Å². The van der Waals surface area contributed by atoms with Gasteiger partial charge in [0, 0.05) is 26.2 Å². The molecule has 3 rings (SSSR count). The number of hydrogen-bond donors (Lipinski definition) is 0. The number of hydrogen-bond acceptors (Lipinski definition) is 7. The Labute approximate surface area is 153 Å². The number of benzene rings is 1. The summed E-state index contributed by atoms with van der Waals surface area (Å²) in [5, 5.41) is 9.65. The highest BCUT2D eigenvalue weighted by atomic mass is 16.5. The van der Waals surface area contributed by atoms with Crippen LogP contribution in [0.1, 0.15) is 25.5 Å². The number of ether oxygens (including phenoxy) is 1. The number of para-hydroxylation sites is 2. The summed E-state index contributed by atoms with van der Waals surface area (Å²) in [4.78, 5) is 26.2. The van der Waals surface area contributed by atoms with Crippen LogP contribution < -0.4 is 4.90 Å². The number of anilines is 1. The van der Waals surface area contributed by atoms with Crippen LogP contribution in [0, 0.1) is 11.3 Å². The summed E-state index contributed by atoms with van der Waals surface area (Å²) in [5.74, 6) is -1.07. The summed E-state index contributed by atoms with van der Waals surface area (Å²) in [5.41, 5.74) is 1.79. The number of carbonyl (C=O) groups excluding carboxylic acids is 1.